The summed E-state index contributed by atoms with van der Waals surface area (Å²) in [6, 6.07) is 12.4. The second kappa shape index (κ2) is 8.66. The fourth-order valence-electron chi connectivity index (χ4n) is 2.73. The number of nitrogens with zero attached hydrogens (tertiary/aromatic N) is 1. The average molecular weight is 395 g/mol. The summed E-state index contributed by atoms with van der Waals surface area (Å²) in [4.78, 5) is 12.6. The third kappa shape index (κ3) is 4.44. The van der Waals surface area contributed by atoms with Gasteiger partial charge in [-0.2, -0.15) is 4.31 Å². The molecule has 140 valence electrons. The van der Waals surface area contributed by atoms with Gasteiger partial charge in [-0.05, 0) is 41.8 Å². The number of amides is 1. The fourth-order valence-corrected chi connectivity index (χ4v) is 4.16. The second-order valence-electron chi connectivity index (χ2n) is 5.98. The van der Waals surface area contributed by atoms with Crippen molar-refractivity contribution in [2.45, 2.75) is 30.7 Å². The molecule has 0 bridgehead atoms. The van der Waals surface area contributed by atoms with Crippen LogP contribution in [-0.2, 0) is 21.2 Å². The molecular weight excluding hydrogens is 372 g/mol. The molecule has 0 aliphatic rings. The highest BCUT2D eigenvalue weighted by atomic mass is 35.5. The van der Waals surface area contributed by atoms with Crippen LogP contribution in [0, 0.1) is 0 Å². The Morgan fingerprint density at radius 3 is 2.19 bits per heavy atom. The quantitative estimate of drug-likeness (QED) is 0.782. The molecule has 2 aromatic rings. The maximum Gasteiger partial charge on any atom is 0.243 e. The molecular formula is C19H23ClN2O3S. The van der Waals surface area contributed by atoms with Crippen LogP contribution in [0.2, 0.25) is 5.02 Å². The van der Waals surface area contributed by atoms with Crippen molar-refractivity contribution in [2.24, 2.45) is 0 Å². The SMILES string of the molecule is CCCc1ccc(S(=O)(=O)N(C)C(C(=O)NC)c2ccc(Cl)cc2)cc1. The van der Waals surface area contributed by atoms with Gasteiger partial charge in [-0.15, -0.1) is 0 Å². The van der Waals surface area contributed by atoms with Crippen LogP contribution in [0.25, 0.3) is 0 Å². The number of aryl methyl sites for hydroxylation is 1. The van der Waals surface area contributed by atoms with E-state index in [4.69, 9.17) is 11.6 Å². The number of likely N-dealkylation sites (N-methyl/N-ethyl adjacent to an activating group) is 2. The van der Waals surface area contributed by atoms with Crippen molar-refractivity contribution in [3.8, 4) is 0 Å². The Labute approximate surface area is 160 Å². The Hall–Kier alpha value is -1.89. The molecule has 1 amide bonds. The van der Waals surface area contributed by atoms with Crippen molar-refractivity contribution < 1.29 is 13.2 Å². The van der Waals surface area contributed by atoms with Crippen LogP contribution in [0.4, 0.5) is 0 Å². The van der Waals surface area contributed by atoms with Gasteiger partial charge in [0.1, 0.15) is 6.04 Å². The first kappa shape index (κ1) is 20.4. The van der Waals surface area contributed by atoms with E-state index in [1.807, 2.05) is 0 Å². The number of benzene rings is 2. The van der Waals surface area contributed by atoms with Gasteiger partial charge in [0.05, 0.1) is 4.90 Å². The zero-order valence-corrected chi connectivity index (χ0v) is 16.6. The van der Waals surface area contributed by atoms with Crippen molar-refractivity contribution in [1.29, 1.82) is 0 Å². The molecule has 1 N–H and O–H groups in total. The highest BCUT2D eigenvalue weighted by molar-refractivity contribution is 7.89. The molecule has 1 unspecified atom stereocenters. The molecule has 2 rings (SSSR count). The lowest BCUT2D eigenvalue weighted by molar-refractivity contribution is -0.124. The van der Waals surface area contributed by atoms with Crippen molar-refractivity contribution >= 4 is 27.5 Å². The van der Waals surface area contributed by atoms with Gasteiger partial charge in [0, 0.05) is 19.1 Å². The molecule has 0 heterocycles. The van der Waals surface area contributed by atoms with Crippen LogP contribution in [0.5, 0.6) is 0 Å². The largest absolute Gasteiger partial charge is 0.357 e. The van der Waals surface area contributed by atoms with Gasteiger partial charge < -0.3 is 5.32 Å². The van der Waals surface area contributed by atoms with Gasteiger partial charge in [-0.1, -0.05) is 49.2 Å². The summed E-state index contributed by atoms with van der Waals surface area (Å²) in [5, 5.41) is 3.05. The summed E-state index contributed by atoms with van der Waals surface area (Å²) in [5.41, 5.74) is 1.62. The third-order valence-electron chi connectivity index (χ3n) is 4.18. The minimum Gasteiger partial charge on any atom is -0.357 e. The normalized spacial score (nSPS) is 12.8. The highest BCUT2D eigenvalue weighted by Gasteiger charge is 2.33. The Kier molecular flexibility index (Phi) is 6.81. The summed E-state index contributed by atoms with van der Waals surface area (Å²) in [6.45, 7) is 2.07. The lowest BCUT2D eigenvalue weighted by Gasteiger charge is -2.26. The summed E-state index contributed by atoms with van der Waals surface area (Å²) in [5.74, 6) is -0.416. The maximum absolute atomic E-state index is 13.0. The molecule has 0 fully saturated rings. The third-order valence-corrected chi connectivity index (χ3v) is 6.27. The lowest BCUT2D eigenvalue weighted by atomic mass is 10.1. The number of rotatable bonds is 7. The lowest BCUT2D eigenvalue weighted by Crippen LogP contribution is -2.40. The van der Waals surface area contributed by atoms with E-state index in [-0.39, 0.29) is 4.90 Å². The second-order valence-corrected chi connectivity index (χ2v) is 8.42. The van der Waals surface area contributed by atoms with Crippen molar-refractivity contribution in [3.05, 3.63) is 64.7 Å². The van der Waals surface area contributed by atoms with Crippen LogP contribution in [0.1, 0.15) is 30.5 Å². The molecule has 0 spiro atoms. The van der Waals surface area contributed by atoms with Gasteiger partial charge in [0.25, 0.3) is 0 Å². The first-order valence-corrected chi connectivity index (χ1v) is 10.2. The van der Waals surface area contributed by atoms with Gasteiger partial charge >= 0.3 is 0 Å². The predicted molar refractivity (Wildman–Crippen MR) is 104 cm³/mol. The Balaban J connectivity index is 2.41. The number of sulfonamides is 1. The smallest absolute Gasteiger partial charge is 0.243 e. The van der Waals surface area contributed by atoms with E-state index in [0.29, 0.717) is 10.6 Å². The van der Waals surface area contributed by atoms with E-state index in [0.717, 1.165) is 22.7 Å². The van der Waals surface area contributed by atoms with Gasteiger partial charge in [0.15, 0.2) is 0 Å². The number of halogens is 1. The molecule has 5 nitrogen and oxygen atoms in total. The van der Waals surface area contributed by atoms with Crippen LogP contribution in [0.15, 0.2) is 53.4 Å². The number of nitrogens with one attached hydrogen (secondary N) is 1. The Morgan fingerprint density at radius 1 is 1.12 bits per heavy atom. The molecule has 0 saturated heterocycles. The van der Waals surface area contributed by atoms with E-state index in [1.165, 1.54) is 14.1 Å². The molecule has 0 radical (unpaired) electrons. The van der Waals surface area contributed by atoms with E-state index in [9.17, 15) is 13.2 Å². The van der Waals surface area contributed by atoms with Gasteiger partial charge in [-0.3, -0.25) is 4.79 Å². The topological polar surface area (TPSA) is 66.5 Å². The first-order valence-electron chi connectivity index (χ1n) is 8.35. The summed E-state index contributed by atoms with van der Waals surface area (Å²) in [6.07, 6.45) is 1.88. The monoisotopic (exact) mass is 394 g/mol. The van der Waals surface area contributed by atoms with Crippen molar-refractivity contribution in [2.75, 3.05) is 14.1 Å². The first-order chi connectivity index (χ1) is 12.3. The molecule has 2 aromatic carbocycles. The van der Waals surface area contributed by atoms with E-state index >= 15 is 0 Å². The van der Waals surface area contributed by atoms with E-state index in [1.54, 1.807) is 48.5 Å². The van der Waals surface area contributed by atoms with Gasteiger partial charge in [-0.25, -0.2) is 8.42 Å². The highest BCUT2D eigenvalue weighted by Crippen LogP contribution is 2.27. The minimum atomic E-state index is -3.84. The Bertz CT molecular complexity index is 849. The van der Waals surface area contributed by atoms with Crippen LogP contribution < -0.4 is 5.32 Å². The fraction of sp³-hybridized carbons (Fsp3) is 0.316. The van der Waals surface area contributed by atoms with Crippen molar-refractivity contribution in [3.63, 3.8) is 0 Å². The Morgan fingerprint density at radius 2 is 1.69 bits per heavy atom. The molecule has 7 heteroatoms. The number of carbonyl (C=O) groups is 1. The number of hydrogen-bond donors (Lipinski definition) is 1. The predicted octanol–water partition coefficient (Wildman–Crippen LogP) is 3.40. The molecule has 26 heavy (non-hydrogen) atoms. The van der Waals surface area contributed by atoms with Crippen LogP contribution >= 0.6 is 11.6 Å². The zero-order valence-electron chi connectivity index (χ0n) is 15.1. The van der Waals surface area contributed by atoms with Crippen molar-refractivity contribution in [1.82, 2.24) is 9.62 Å². The average Bonchev–Trinajstić information content (AvgIpc) is 2.64. The van der Waals surface area contributed by atoms with Gasteiger partial charge in [0.2, 0.25) is 15.9 Å². The zero-order chi connectivity index (χ0) is 19.3. The number of hydrogen-bond acceptors (Lipinski definition) is 3. The molecule has 0 saturated carbocycles. The molecule has 0 aromatic heterocycles. The minimum absolute atomic E-state index is 0.155. The molecule has 0 aliphatic heterocycles. The summed E-state index contributed by atoms with van der Waals surface area (Å²) < 4.78 is 27.1. The van der Waals surface area contributed by atoms with E-state index < -0.39 is 22.0 Å². The summed E-state index contributed by atoms with van der Waals surface area (Å²) in [7, 11) is -0.960. The molecule has 1 atom stereocenters. The standard InChI is InChI=1S/C19H23ClN2O3S/c1-4-5-14-6-12-17(13-7-14)26(24,25)22(3)18(19(23)21-2)15-8-10-16(20)11-9-15/h6-13,18H,4-5H2,1-3H3,(H,21,23). The van der Waals surface area contributed by atoms with E-state index in [2.05, 4.69) is 12.2 Å². The van der Waals surface area contributed by atoms with Crippen LogP contribution in [0.3, 0.4) is 0 Å². The molecule has 0 aliphatic carbocycles. The maximum atomic E-state index is 13.0. The number of carbonyl (C=O) groups excluding carboxylic acids is 1. The van der Waals surface area contributed by atoms with Crippen LogP contribution in [-0.4, -0.2) is 32.7 Å². The summed E-state index contributed by atoms with van der Waals surface area (Å²) >= 11 is 5.90.